The molecule has 1 atom stereocenters. The van der Waals surface area contributed by atoms with Crippen molar-refractivity contribution in [1.29, 1.82) is 0 Å². The molecule has 0 radical (unpaired) electrons. The van der Waals surface area contributed by atoms with Gasteiger partial charge in [0, 0.05) is 17.8 Å². The Morgan fingerprint density at radius 3 is 2.95 bits per heavy atom. The molecule has 0 unspecified atom stereocenters. The summed E-state index contributed by atoms with van der Waals surface area (Å²) in [6, 6.07) is 5.73. The zero-order chi connectivity index (χ0) is 13.8. The molecule has 19 heavy (non-hydrogen) atoms. The number of nitrogens with one attached hydrogen (secondary N) is 1. The third kappa shape index (κ3) is 2.86. The molecule has 0 saturated carbocycles. The number of carboxylic acid groups (broad SMARTS) is 1. The Bertz CT molecular complexity index is 548. The highest BCUT2D eigenvalue weighted by atomic mass is 16.4. The number of hydrogen-bond donors (Lipinski definition) is 2. The van der Waals surface area contributed by atoms with Crippen molar-refractivity contribution < 1.29 is 14.7 Å². The number of terminal acetylenes is 1. The third-order valence-electron chi connectivity index (χ3n) is 3.08. The molecule has 1 aliphatic rings. The first-order valence-electron chi connectivity index (χ1n) is 5.99. The Hall–Kier alpha value is -2.48. The minimum absolute atomic E-state index is 0.404. The largest absolute Gasteiger partial charge is 0.480 e. The van der Waals surface area contributed by atoms with Gasteiger partial charge in [0.2, 0.25) is 0 Å². The van der Waals surface area contributed by atoms with Crippen molar-refractivity contribution in [2.45, 2.75) is 18.9 Å². The molecule has 2 N–H and O–H groups in total. The van der Waals surface area contributed by atoms with Gasteiger partial charge in [-0.05, 0) is 31.0 Å². The van der Waals surface area contributed by atoms with Crippen LogP contribution >= 0.6 is 0 Å². The Morgan fingerprint density at radius 1 is 1.47 bits per heavy atom. The number of hydrogen-bond acceptors (Lipinski definition) is 2. The molecule has 1 saturated heterocycles. The Kier molecular flexibility index (Phi) is 3.71. The number of amides is 2. The number of carboxylic acids is 1. The van der Waals surface area contributed by atoms with E-state index in [9.17, 15) is 9.59 Å². The number of carbonyl (C=O) groups is 2. The van der Waals surface area contributed by atoms with Gasteiger partial charge in [0.05, 0.1) is 0 Å². The standard InChI is InChI=1S/C14H14N2O3/c1-2-10-5-3-6-11(9-10)15-14(19)16-8-4-7-12(16)13(17)18/h1,3,5-6,9,12H,4,7-8H2,(H,15,19)(H,17,18)/t12-/m0/s1. The maximum absolute atomic E-state index is 12.0. The molecule has 0 bridgehead atoms. The summed E-state index contributed by atoms with van der Waals surface area (Å²) in [5.41, 5.74) is 1.23. The van der Waals surface area contributed by atoms with E-state index in [1.54, 1.807) is 24.3 Å². The van der Waals surface area contributed by atoms with E-state index >= 15 is 0 Å². The number of anilines is 1. The number of aliphatic carboxylic acids is 1. The lowest BCUT2D eigenvalue weighted by Crippen LogP contribution is -2.42. The highest BCUT2D eigenvalue weighted by Crippen LogP contribution is 2.19. The lowest BCUT2D eigenvalue weighted by atomic mass is 10.2. The van der Waals surface area contributed by atoms with Gasteiger partial charge in [-0.25, -0.2) is 9.59 Å². The molecule has 1 fully saturated rings. The van der Waals surface area contributed by atoms with Crippen molar-refractivity contribution in [2.24, 2.45) is 0 Å². The number of benzene rings is 1. The first-order chi connectivity index (χ1) is 9.11. The van der Waals surface area contributed by atoms with Crippen LogP contribution < -0.4 is 5.32 Å². The Balaban J connectivity index is 2.08. The van der Waals surface area contributed by atoms with Gasteiger partial charge in [0.25, 0.3) is 0 Å². The minimum atomic E-state index is -0.968. The van der Waals surface area contributed by atoms with Crippen LogP contribution in [-0.2, 0) is 4.79 Å². The van der Waals surface area contributed by atoms with Crippen molar-refractivity contribution in [1.82, 2.24) is 4.90 Å². The summed E-state index contributed by atoms with van der Waals surface area (Å²) in [5, 5.41) is 11.7. The van der Waals surface area contributed by atoms with Crippen LogP contribution in [0.4, 0.5) is 10.5 Å². The van der Waals surface area contributed by atoms with E-state index in [4.69, 9.17) is 11.5 Å². The van der Waals surface area contributed by atoms with E-state index < -0.39 is 18.0 Å². The Morgan fingerprint density at radius 2 is 2.26 bits per heavy atom. The molecule has 1 aliphatic heterocycles. The number of carbonyl (C=O) groups excluding carboxylic acids is 1. The van der Waals surface area contributed by atoms with E-state index in [1.165, 1.54) is 4.90 Å². The smallest absolute Gasteiger partial charge is 0.326 e. The summed E-state index contributed by atoms with van der Waals surface area (Å²) in [7, 11) is 0. The second-order valence-electron chi connectivity index (χ2n) is 4.34. The fraction of sp³-hybridized carbons (Fsp3) is 0.286. The average Bonchev–Trinajstić information content (AvgIpc) is 2.88. The molecule has 0 aromatic heterocycles. The van der Waals surface area contributed by atoms with Gasteiger partial charge >= 0.3 is 12.0 Å². The lowest BCUT2D eigenvalue weighted by molar-refractivity contribution is -0.141. The fourth-order valence-corrected chi connectivity index (χ4v) is 2.15. The Labute approximate surface area is 111 Å². The molecule has 2 rings (SSSR count). The van der Waals surface area contributed by atoms with Crippen molar-refractivity contribution in [3.63, 3.8) is 0 Å². The molecule has 98 valence electrons. The molecule has 5 nitrogen and oxygen atoms in total. The van der Waals surface area contributed by atoms with E-state index in [1.807, 2.05) is 0 Å². The van der Waals surface area contributed by atoms with Crippen molar-refractivity contribution in [3.05, 3.63) is 29.8 Å². The molecular weight excluding hydrogens is 244 g/mol. The van der Waals surface area contributed by atoms with Crippen LogP contribution in [0.15, 0.2) is 24.3 Å². The molecule has 1 heterocycles. The van der Waals surface area contributed by atoms with Crippen molar-refractivity contribution >= 4 is 17.7 Å². The van der Waals surface area contributed by atoms with Crippen molar-refractivity contribution in [2.75, 3.05) is 11.9 Å². The highest BCUT2D eigenvalue weighted by molar-refractivity contribution is 5.92. The normalized spacial score (nSPS) is 17.8. The predicted molar refractivity (Wildman–Crippen MR) is 70.8 cm³/mol. The van der Waals surface area contributed by atoms with Crippen LogP contribution in [0, 0.1) is 12.3 Å². The summed E-state index contributed by atoms with van der Waals surface area (Å²) < 4.78 is 0. The van der Waals surface area contributed by atoms with Gasteiger partial charge in [-0.3, -0.25) is 0 Å². The number of likely N-dealkylation sites (tertiary alicyclic amines) is 1. The second-order valence-corrected chi connectivity index (χ2v) is 4.34. The topological polar surface area (TPSA) is 69.6 Å². The first-order valence-corrected chi connectivity index (χ1v) is 5.99. The van der Waals surface area contributed by atoms with Gasteiger partial charge < -0.3 is 15.3 Å². The lowest BCUT2D eigenvalue weighted by Gasteiger charge is -2.21. The summed E-state index contributed by atoms with van der Waals surface area (Å²) >= 11 is 0. The monoisotopic (exact) mass is 258 g/mol. The van der Waals surface area contributed by atoms with Gasteiger partial charge in [-0.15, -0.1) is 6.42 Å². The molecular formula is C14H14N2O3. The average molecular weight is 258 g/mol. The van der Waals surface area contributed by atoms with Crippen LogP contribution in [-0.4, -0.2) is 34.6 Å². The zero-order valence-electron chi connectivity index (χ0n) is 10.3. The first kappa shape index (κ1) is 13.0. The summed E-state index contributed by atoms with van der Waals surface area (Å²) in [6.45, 7) is 0.456. The summed E-state index contributed by atoms with van der Waals surface area (Å²) in [4.78, 5) is 24.4. The molecule has 0 aliphatic carbocycles. The van der Waals surface area contributed by atoms with Crippen molar-refractivity contribution in [3.8, 4) is 12.3 Å². The summed E-state index contributed by atoms with van der Waals surface area (Å²) in [5.74, 6) is 1.51. The number of rotatable bonds is 2. The third-order valence-corrected chi connectivity index (χ3v) is 3.08. The minimum Gasteiger partial charge on any atom is -0.480 e. The maximum Gasteiger partial charge on any atom is 0.326 e. The van der Waals surface area contributed by atoms with Crippen LogP contribution in [0.2, 0.25) is 0 Å². The van der Waals surface area contributed by atoms with E-state index in [0.717, 1.165) is 0 Å². The number of nitrogens with zero attached hydrogens (tertiary/aromatic N) is 1. The number of urea groups is 1. The maximum atomic E-state index is 12.0. The fourth-order valence-electron chi connectivity index (χ4n) is 2.15. The molecule has 5 heteroatoms. The predicted octanol–water partition coefficient (Wildman–Crippen LogP) is 1.75. The van der Waals surface area contributed by atoms with Crippen LogP contribution in [0.5, 0.6) is 0 Å². The van der Waals surface area contributed by atoms with Crippen LogP contribution in [0.25, 0.3) is 0 Å². The van der Waals surface area contributed by atoms with Gasteiger partial charge in [0.15, 0.2) is 0 Å². The molecule has 1 aromatic carbocycles. The molecule has 2 amide bonds. The SMILES string of the molecule is C#Cc1cccc(NC(=O)N2CCC[C@H]2C(=O)O)c1. The van der Waals surface area contributed by atoms with E-state index in [0.29, 0.717) is 30.6 Å². The van der Waals surface area contributed by atoms with Crippen LogP contribution in [0.3, 0.4) is 0 Å². The summed E-state index contributed by atoms with van der Waals surface area (Å²) in [6.07, 6.45) is 6.48. The van der Waals surface area contributed by atoms with Gasteiger partial charge in [-0.1, -0.05) is 12.0 Å². The zero-order valence-corrected chi connectivity index (χ0v) is 10.3. The van der Waals surface area contributed by atoms with Gasteiger partial charge in [0.1, 0.15) is 6.04 Å². The van der Waals surface area contributed by atoms with E-state index in [-0.39, 0.29) is 0 Å². The van der Waals surface area contributed by atoms with Gasteiger partial charge in [-0.2, -0.15) is 0 Å². The quantitative estimate of drug-likeness (QED) is 0.794. The highest BCUT2D eigenvalue weighted by Gasteiger charge is 2.33. The van der Waals surface area contributed by atoms with Crippen LogP contribution in [0.1, 0.15) is 18.4 Å². The second kappa shape index (κ2) is 5.44. The van der Waals surface area contributed by atoms with E-state index in [2.05, 4.69) is 11.2 Å². The molecule has 1 aromatic rings. The molecule has 0 spiro atoms.